The van der Waals surface area contributed by atoms with Gasteiger partial charge in [0.2, 0.25) is 5.90 Å². The lowest BCUT2D eigenvalue weighted by Crippen LogP contribution is -2.12. The standard InChI is InChI=1S/C11H15NO3.CO2.ClH/c1-8(13)7-15-10-5-3-9(4-6-10)11(12)14-2;2-1-3;/h3-6,8,12-13H,7H2,1-2H3;;1H/t8-;;/m1../s1. The molecule has 0 radical (unpaired) electrons. The van der Waals surface area contributed by atoms with Crippen LogP contribution in [0.3, 0.4) is 0 Å². The van der Waals surface area contributed by atoms with E-state index in [1.807, 2.05) is 0 Å². The highest BCUT2D eigenvalue weighted by Gasteiger charge is 2.02. The first kappa shape index (κ1) is 19.5. The highest BCUT2D eigenvalue weighted by Crippen LogP contribution is 2.12. The molecule has 1 aromatic rings. The van der Waals surface area contributed by atoms with Gasteiger partial charge in [0.1, 0.15) is 12.4 Å². The predicted octanol–water partition coefficient (Wildman–Crippen LogP) is 1.26. The molecule has 0 aliphatic rings. The molecule has 0 aromatic heterocycles. The van der Waals surface area contributed by atoms with Crippen molar-refractivity contribution in [3.8, 4) is 5.75 Å². The fourth-order valence-corrected chi connectivity index (χ4v) is 1.04. The molecular weight excluding hydrogens is 274 g/mol. The third-order valence-electron chi connectivity index (χ3n) is 1.81. The molecule has 1 rings (SSSR count). The molecule has 19 heavy (non-hydrogen) atoms. The summed E-state index contributed by atoms with van der Waals surface area (Å²) < 4.78 is 10.1. The Morgan fingerprint density at radius 2 is 1.84 bits per heavy atom. The summed E-state index contributed by atoms with van der Waals surface area (Å²) in [5.74, 6) is 0.792. The number of nitrogens with one attached hydrogen (secondary N) is 1. The van der Waals surface area contributed by atoms with Gasteiger partial charge in [0.05, 0.1) is 13.2 Å². The zero-order chi connectivity index (χ0) is 14.0. The minimum Gasteiger partial charge on any atom is -0.491 e. The van der Waals surface area contributed by atoms with Crippen molar-refractivity contribution in [3.63, 3.8) is 0 Å². The molecule has 0 aliphatic carbocycles. The van der Waals surface area contributed by atoms with Crippen LogP contribution in [-0.4, -0.2) is 37.0 Å². The number of hydrogen-bond acceptors (Lipinski definition) is 6. The molecule has 0 aliphatic heterocycles. The van der Waals surface area contributed by atoms with E-state index in [9.17, 15) is 0 Å². The first-order chi connectivity index (χ1) is 8.54. The van der Waals surface area contributed by atoms with Gasteiger partial charge in [0.15, 0.2) is 0 Å². The quantitative estimate of drug-likeness (QED) is 0.642. The lowest BCUT2D eigenvalue weighted by Gasteiger charge is -2.08. The largest absolute Gasteiger partial charge is 0.491 e. The van der Waals surface area contributed by atoms with Crippen molar-refractivity contribution in [1.82, 2.24) is 0 Å². The van der Waals surface area contributed by atoms with E-state index in [0.717, 1.165) is 0 Å². The first-order valence-corrected chi connectivity index (χ1v) is 5.08. The Labute approximate surface area is 117 Å². The molecule has 0 unspecified atom stereocenters. The zero-order valence-electron chi connectivity index (χ0n) is 10.6. The van der Waals surface area contributed by atoms with Gasteiger partial charge in [-0.25, -0.2) is 0 Å². The molecule has 1 aromatic carbocycles. The second-order valence-corrected chi connectivity index (χ2v) is 3.30. The molecule has 2 N–H and O–H groups in total. The van der Waals surface area contributed by atoms with E-state index in [-0.39, 0.29) is 31.1 Å². The van der Waals surface area contributed by atoms with Crippen LogP contribution < -0.4 is 4.74 Å². The van der Waals surface area contributed by atoms with E-state index < -0.39 is 6.10 Å². The normalized spacial score (nSPS) is 9.84. The SMILES string of the molecule is COC(=N)c1ccc(OC[C@@H](C)O)cc1.Cl.O=C=O. The van der Waals surface area contributed by atoms with Gasteiger partial charge in [-0.2, -0.15) is 9.59 Å². The van der Waals surface area contributed by atoms with Gasteiger partial charge in [-0.15, -0.1) is 12.4 Å². The number of halogens is 1. The molecular formula is C12H16ClNO5. The van der Waals surface area contributed by atoms with Crippen molar-refractivity contribution in [1.29, 1.82) is 5.41 Å². The van der Waals surface area contributed by atoms with Crippen LogP contribution in [0.1, 0.15) is 12.5 Å². The molecule has 0 saturated carbocycles. The van der Waals surface area contributed by atoms with Crippen molar-refractivity contribution in [3.05, 3.63) is 29.8 Å². The molecule has 0 bridgehead atoms. The summed E-state index contributed by atoms with van der Waals surface area (Å²) in [5.41, 5.74) is 0.696. The van der Waals surface area contributed by atoms with Crippen LogP contribution in [0.15, 0.2) is 24.3 Å². The highest BCUT2D eigenvalue weighted by molar-refractivity contribution is 5.91. The smallest absolute Gasteiger partial charge is 0.373 e. The van der Waals surface area contributed by atoms with Crippen LogP contribution in [0.4, 0.5) is 0 Å². The zero-order valence-corrected chi connectivity index (χ0v) is 11.4. The summed E-state index contributed by atoms with van der Waals surface area (Å²) >= 11 is 0. The van der Waals surface area contributed by atoms with Crippen LogP contribution in [0.2, 0.25) is 0 Å². The number of benzene rings is 1. The molecule has 0 spiro atoms. The fraction of sp³-hybridized carbons (Fsp3) is 0.333. The van der Waals surface area contributed by atoms with Crippen molar-refractivity contribution in [2.45, 2.75) is 13.0 Å². The fourth-order valence-electron chi connectivity index (χ4n) is 1.04. The Balaban J connectivity index is 0. The number of aliphatic hydroxyl groups is 1. The van der Waals surface area contributed by atoms with Gasteiger partial charge in [-0.1, -0.05) is 0 Å². The summed E-state index contributed by atoms with van der Waals surface area (Å²) in [6.07, 6.45) is -0.234. The molecule has 1 atom stereocenters. The summed E-state index contributed by atoms with van der Waals surface area (Å²) in [6.45, 7) is 1.93. The Bertz CT molecular complexity index is 399. The summed E-state index contributed by atoms with van der Waals surface area (Å²) in [5, 5.41) is 16.4. The number of ether oxygens (including phenoxy) is 2. The summed E-state index contributed by atoms with van der Waals surface area (Å²) in [7, 11) is 1.46. The van der Waals surface area contributed by atoms with Crippen LogP contribution in [-0.2, 0) is 14.3 Å². The number of aliphatic hydroxyl groups excluding tert-OH is 1. The van der Waals surface area contributed by atoms with Gasteiger partial charge < -0.3 is 14.6 Å². The predicted molar refractivity (Wildman–Crippen MR) is 69.7 cm³/mol. The van der Waals surface area contributed by atoms with Gasteiger partial charge >= 0.3 is 6.15 Å². The molecule has 6 nitrogen and oxygen atoms in total. The average Bonchev–Trinajstić information content (AvgIpc) is 2.37. The summed E-state index contributed by atoms with van der Waals surface area (Å²) in [4.78, 5) is 16.2. The van der Waals surface area contributed by atoms with E-state index in [4.69, 9.17) is 29.6 Å². The molecule has 7 heteroatoms. The number of rotatable bonds is 4. The van der Waals surface area contributed by atoms with Crippen LogP contribution in [0, 0.1) is 5.41 Å². The monoisotopic (exact) mass is 289 g/mol. The highest BCUT2D eigenvalue weighted by atomic mass is 35.5. The van der Waals surface area contributed by atoms with E-state index in [0.29, 0.717) is 11.3 Å². The second kappa shape index (κ2) is 11.2. The number of hydrogen-bond donors (Lipinski definition) is 2. The second-order valence-electron chi connectivity index (χ2n) is 3.30. The first-order valence-electron chi connectivity index (χ1n) is 5.08. The molecule has 0 heterocycles. The lowest BCUT2D eigenvalue weighted by molar-refractivity contribution is -0.191. The topological polar surface area (TPSA) is 96.7 Å². The molecule has 106 valence electrons. The van der Waals surface area contributed by atoms with Gasteiger partial charge in [0, 0.05) is 5.56 Å². The van der Waals surface area contributed by atoms with E-state index in [2.05, 4.69) is 0 Å². The van der Waals surface area contributed by atoms with Gasteiger partial charge in [0.25, 0.3) is 0 Å². The Hall–Kier alpha value is -1.88. The average molecular weight is 290 g/mol. The van der Waals surface area contributed by atoms with Crippen molar-refractivity contribution in [2.24, 2.45) is 0 Å². The van der Waals surface area contributed by atoms with Crippen molar-refractivity contribution in [2.75, 3.05) is 13.7 Å². The van der Waals surface area contributed by atoms with Crippen molar-refractivity contribution < 1.29 is 24.2 Å². The number of methoxy groups -OCH3 is 1. The van der Waals surface area contributed by atoms with Crippen LogP contribution in [0.5, 0.6) is 5.75 Å². The minimum atomic E-state index is -0.484. The summed E-state index contributed by atoms with van der Waals surface area (Å²) in [6, 6.07) is 6.96. The maximum absolute atomic E-state index is 9.02. The van der Waals surface area contributed by atoms with E-state index in [1.54, 1.807) is 31.2 Å². The maximum atomic E-state index is 9.02. The van der Waals surface area contributed by atoms with Crippen molar-refractivity contribution >= 4 is 24.5 Å². The minimum absolute atomic E-state index is 0. The third kappa shape index (κ3) is 8.79. The lowest BCUT2D eigenvalue weighted by atomic mass is 10.2. The molecule has 0 amide bonds. The van der Waals surface area contributed by atoms with Crippen LogP contribution in [0.25, 0.3) is 0 Å². The third-order valence-corrected chi connectivity index (χ3v) is 1.81. The Morgan fingerprint density at radius 3 is 2.21 bits per heavy atom. The van der Waals surface area contributed by atoms with Gasteiger partial charge in [-0.3, -0.25) is 5.41 Å². The maximum Gasteiger partial charge on any atom is 0.373 e. The molecule has 0 saturated heterocycles. The van der Waals surface area contributed by atoms with E-state index in [1.165, 1.54) is 7.11 Å². The molecule has 0 fully saturated rings. The Kier molecular flexibility index (Phi) is 11.5. The van der Waals surface area contributed by atoms with Gasteiger partial charge in [-0.05, 0) is 31.2 Å². The Morgan fingerprint density at radius 1 is 1.37 bits per heavy atom. The number of carbonyl (C=O) groups excluding carboxylic acids is 2. The van der Waals surface area contributed by atoms with E-state index >= 15 is 0 Å². The van der Waals surface area contributed by atoms with Crippen LogP contribution >= 0.6 is 12.4 Å².